The second kappa shape index (κ2) is 17.4. The molecule has 2 aromatic rings. The van der Waals surface area contributed by atoms with Gasteiger partial charge in [0.2, 0.25) is 17.7 Å². The highest BCUT2D eigenvalue weighted by Gasteiger charge is 2.79. The fourth-order valence-corrected chi connectivity index (χ4v) is 11.4. The number of anilines is 2. The molecule has 4 aliphatic carbocycles. The molecule has 66 heavy (non-hydrogen) atoms. The first-order chi connectivity index (χ1) is 31.2. The number of aliphatic hydroxyl groups is 2. The van der Waals surface area contributed by atoms with E-state index >= 15 is 4.39 Å². The Balaban J connectivity index is 0.850. The zero-order chi connectivity index (χ0) is 47.5. The number of carbonyl (C=O) groups is 7. The van der Waals surface area contributed by atoms with Gasteiger partial charge in [0.25, 0.3) is 11.8 Å². The fourth-order valence-electron chi connectivity index (χ4n) is 11.4. The van der Waals surface area contributed by atoms with E-state index in [2.05, 4.69) is 26.3 Å². The Kier molecular flexibility index (Phi) is 12.3. The van der Waals surface area contributed by atoms with E-state index in [-0.39, 0.29) is 37.6 Å². The minimum Gasteiger partial charge on any atom is -0.390 e. The van der Waals surface area contributed by atoms with Gasteiger partial charge in [-0.25, -0.2) is 9.37 Å². The quantitative estimate of drug-likeness (QED) is 0.150. The number of rotatable bonds is 14. The summed E-state index contributed by atoms with van der Waals surface area (Å²) in [5.74, 6) is -4.03. The molecule has 350 valence electrons. The van der Waals surface area contributed by atoms with Crippen molar-refractivity contribution >= 4 is 52.6 Å². The van der Waals surface area contributed by atoms with Gasteiger partial charge in [0, 0.05) is 65.4 Å². The third-order valence-electron chi connectivity index (χ3n) is 15.0. The van der Waals surface area contributed by atoms with Crippen molar-refractivity contribution in [2.75, 3.05) is 23.8 Å². The highest BCUT2D eigenvalue weighted by molar-refractivity contribution is 6.13. The first-order valence-corrected chi connectivity index (χ1v) is 22.3. The zero-order valence-corrected chi connectivity index (χ0v) is 37.3. The number of pyridine rings is 1. The lowest BCUT2D eigenvalue weighted by molar-refractivity contribution is -0.231. The molecule has 1 aromatic carbocycles. The average molecular weight is 911 g/mol. The highest BCUT2D eigenvalue weighted by Crippen LogP contribution is 2.72. The smallest absolute Gasteiger partial charge is 0.253 e. The molecule has 2 aliphatic heterocycles. The number of allylic oxidation sites excluding steroid dienone is 4. The van der Waals surface area contributed by atoms with Crippen LogP contribution in [0, 0.1) is 22.7 Å². The van der Waals surface area contributed by atoms with Gasteiger partial charge >= 0.3 is 0 Å². The number of alkyl halides is 1. The second-order valence-electron chi connectivity index (χ2n) is 18.8. The summed E-state index contributed by atoms with van der Waals surface area (Å²) in [7, 11) is 0. The Labute approximate surface area is 380 Å². The van der Waals surface area contributed by atoms with Crippen molar-refractivity contribution in [2.45, 2.75) is 115 Å². The summed E-state index contributed by atoms with van der Waals surface area (Å²) in [4.78, 5) is 93.0. The minimum atomic E-state index is -2.10. The Hall–Kier alpha value is -5.95. The van der Waals surface area contributed by atoms with E-state index < -0.39 is 106 Å². The number of ketones is 2. The molecule has 4 fully saturated rings. The number of halogens is 1. The van der Waals surface area contributed by atoms with Crippen LogP contribution in [0.3, 0.4) is 0 Å². The van der Waals surface area contributed by atoms with Crippen molar-refractivity contribution < 1.29 is 57.6 Å². The lowest BCUT2D eigenvalue weighted by Gasteiger charge is -2.62. The maximum Gasteiger partial charge on any atom is 0.253 e. The number of fused-ring (bicyclic) bond motifs is 7. The molecular formula is C48H55FN6O11. The lowest BCUT2D eigenvalue weighted by atomic mass is 9.44. The summed E-state index contributed by atoms with van der Waals surface area (Å²) in [6.45, 7) is 7.49. The van der Waals surface area contributed by atoms with Gasteiger partial charge in [0.05, 0.1) is 12.2 Å². The number of Topliss-reactive ketones (excluding diaryl/α,β-unsaturated/α-hetero) is 1. The van der Waals surface area contributed by atoms with Crippen LogP contribution in [0.5, 0.6) is 0 Å². The molecule has 17 nitrogen and oxygen atoms in total. The molecule has 6 aliphatic rings. The topological polar surface area (TPSA) is 243 Å². The fraction of sp³-hybridized carbons (Fsp3) is 0.500. The molecule has 1 unspecified atom stereocenters. The summed E-state index contributed by atoms with van der Waals surface area (Å²) in [6.07, 6.45) is 5.70. The molecule has 8 rings (SSSR count). The first-order valence-electron chi connectivity index (χ1n) is 22.3. The summed E-state index contributed by atoms with van der Waals surface area (Å²) in [5.41, 5.74) is -3.53. The molecule has 1 aromatic heterocycles. The number of carbonyl (C=O) groups excluding carboxylic acids is 7. The number of nitrogens with zero attached hydrogens (tertiary/aromatic N) is 2. The lowest BCUT2D eigenvalue weighted by Crippen LogP contribution is -2.69. The third-order valence-corrected chi connectivity index (χ3v) is 15.0. The van der Waals surface area contributed by atoms with Gasteiger partial charge in [-0.3, -0.25) is 38.5 Å². The van der Waals surface area contributed by atoms with Crippen LogP contribution in [-0.2, 0) is 43.0 Å². The van der Waals surface area contributed by atoms with Crippen molar-refractivity contribution in [3.8, 4) is 0 Å². The molecule has 0 radical (unpaired) electrons. The number of imide groups is 1. The summed E-state index contributed by atoms with van der Waals surface area (Å²) in [5, 5.41) is 33.3. The van der Waals surface area contributed by atoms with Crippen molar-refractivity contribution in [3.05, 3.63) is 89.7 Å². The van der Waals surface area contributed by atoms with E-state index in [0.717, 1.165) is 22.6 Å². The molecule has 12 atom stereocenters. The Morgan fingerprint density at radius 3 is 2.30 bits per heavy atom. The molecule has 18 heteroatoms. The van der Waals surface area contributed by atoms with E-state index in [1.165, 1.54) is 26.0 Å². The highest BCUT2D eigenvalue weighted by atomic mass is 19.1. The average Bonchev–Trinajstić information content (AvgIpc) is 3.91. The molecule has 0 spiro atoms. The molecule has 5 amide bonds. The van der Waals surface area contributed by atoms with Gasteiger partial charge in [-0.1, -0.05) is 30.7 Å². The molecule has 1 saturated heterocycles. The van der Waals surface area contributed by atoms with Crippen LogP contribution < -0.4 is 21.3 Å². The normalized spacial score (nSPS) is 33.2. The predicted molar refractivity (Wildman–Crippen MR) is 234 cm³/mol. The van der Waals surface area contributed by atoms with Crippen LogP contribution in [0.2, 0.25) is 0 Å². The summed E-state index contributed by atoms with van der Waals surface area (Å²) >= 11 is 0. The van der Waals surface area contributed by atoms with Crippen molar-refractivity contribution in [2.24, 2.45) is 22.7 Å². The minimum absolute atomic E-state index is 0.115. The number of ether oxygens (including phenoxy) is 2. The van der Waals surface area contributed by atoms with Gasteiger partial charge in [-0.05, 0) is 101 Å². The number of hydrogen-bond acceptors (Lipinski definition) is 13. The predicted octanol–water partition coefficient (Wildman–Crippen LogP) is 3.21. The molecular weight excluding hydrogens is 856 g/mol. The maximum absolute atomic E-state index is 17.7. The number of amides is 5. The number of nitrogens with one attached hydrogen (secondary N) is 4. The number of benzene rings is 1. The van der Waals surface area contributed by atoms with E-state index in [0.29, 0.717) is 35.5 Å². The van der Waals surface area contributed by atoms with Gasteiger partial charge in [0.15, 0.2) is 29.1 Å². The van der Waals surface area contributed by atoms with Gasteiger partial charge in [-0.2, -0.15) is 0 Å². The summed E-state index contributed by atoms with van der Waals surface area (Å²) in [6, 6.07) is 8.37. The van der Waals surface area contributed by atoms with Gasteiger partial charge < -0.3 is 41.0 Å². The van der Waals surface area contributed by atoms with Gasteiger partial charge in [0.1, 0.15) is 24.5 Å². The van der Waals surface area contributed by atoms with E-state index in [4.69, 9.17) is 9.47 Å². The van der Waals surface area contributed by atoms with Crippen LogP contribution in [-0.4, -0.2) is 110 Å². The van der Waals surface area contributed by atoms with Crippen molar-refractivity contribution in [1.29, 1.82) is 0 Å². The number of aliphatic hydroxyl groups excluding tert-OH is 2. The van der Waals surface area contributed by atoms with E-state index in [9.17, 15) is 43.8 Å². The maximum atomic E-state index is 17.7. The summed E-state index contributed by atoms with van der Waals surface area (Å²) < 4.78 is 30.8. The standard InChI is InChI=1S/C48H55FN6O11/c1-25(28-6-10-31(11-7-28)54-43(64)27(3)53-42(63)26(2)52-39(60)17-19-55-40(61)14-15-41(55)62)51-38-13-8-29(23-50-38)44-65-37-21-34-33-12-9-30-20-32(57)16-18-45(30,4)47(33,49)35(58)22-46(34,5)48(37,66-44)36(59)24-56/h6-8,10-11,13-16,18,20,23,25-27,33-35,37,44,56,58H,9,12,17,19,21-22,24H2,1-5H3,(H,50,51)(H,52,60)(H,53,63)(H,54,64)/t25-,26-,27-,33-,34-,35-,37?,44+,45-,46-,47-,48+/m0/s1. The number of hydrogen-bond donors (Lipinski definition) is 6. The Morgan fingerprint density at radius 1 is 0.939 bits per heavy atom. The molecule has 3 saturated carbocycles. The first kappa shape index (κ1) is 46.6. The largest absolute Gasteiger partial charge is 0.390 e. The van der Waals surface area contributed by atoms with Crippen LogP contribution in [0.25, 0.3) is 0 Å². The molecule has 6 N–H and O–H groups in total. The van der Waals surface area contributed by atoms with Crippen LogP contribution in [0.15, 0.2) is 78.5 Å². The third kappa shape index (κ3) is 7.66. The monoisotopic (exact) mass is 910 g/mol. The SMILES string of the molecule is C[C@H](NC(=O)CCN1C(=O)C=CC1=O)C(=O)N[C@@H](C)C(=O)Nc1ccc([C@H](C)Nc2ccc([C@@H]3OC4C[C@H]5[C@@H]6CCC7=CC(=O)C=C[C@]7(C)[C@@]6(F)[C@@H](O)C[C@]5(C)[C@]4(C(=O)CO)O3)cn2)cc1. The van der Waals surface area contributed by atoms with Crippen molar-refractivity contribution in [1.82, 2.24) is 20.5 Å². The molecule has 0 bridgehead atoms. The van der Waals surface area contributed by atoms with Crippen LogP contribution in [0.4, 0.5) is 15.9 Å². The van der Waals surface area contributed by atoms with E-state index in [1.807, 2.05) is 26.0 Å². The van der Waals surface area contributed by atoms with Crippen molar-refractivity contribution in [3.63, 3.8) is 0 Å². The second-order valence-corrected chi connectivity index (χ2v) is 18.8. The Morgan fingerprint density at radius 2 is 1.64 bits per heavy atom. The van der Waals surface area contributed by atoms with E-state index in [1.54, 1.807) is 43.5 Å². The zero-order valence-electron chi connectivity index (χ0n) is 37.3. The number of aromatic nitrogens is 1. The van der Waals surface area contributed by atoms with Crippen LogP contribution >= 0.6 is 0 Å². The van der Waals surface area contributed by atoms with Crippen LogP contribution in [0.1, 0.15) is 90.2 Å². The Bertz CT molecular complexity index is 2430. The van der Waals surface area contributed by atoms with Gasteiger partial charge in [-0.15, -0.1) is 0 Å². The molecule has 3 heterocycles.